The van der Waals surface area contributed by atoms with Gasteiger partial charge in [0.1, 0.15) is 5.75 Å². The Kier molecular flexibility index (Phi) is 7.24. The van der Waals surface area contributed by atoms with Gasteiger partial charge in [-0.05, 0) is 63.5 Å². The largest absolute Gasteiger partial charge is 0.491 e. The summed E-state index contributed by atoms with van der Waals surface area (Å²) in [5.74, 6) is 0.835. The second-order valence-corrected chi connectivity index (χ2v) is 9.85. The fraction of sp³-hybridized carbons (Fsp3) is 0.393. The van der Waals surface area contributed by atoms with Crippen LogP contribution in [-0.4, -0.2) is 65.3 Å². The zero-order chi connectivity index (χ0) is 25.0. The van der Waals surface area contributed by atoms with Gasteiger partial charge in [0.25, 0.3) is 11.8 Å². The molecule has 0 bridgehead atoms. The highest BCUT2D eigenvalue weighted by molar-refractivity contribution is 6.38. The van der Waals surface area contributed by atoms with Crippen molar-refractivity contribution >= 4 is 23.2 Å². The lowest BCUT2D eigenvalue weighted by atomic mass is 9.97. The van der Waals surface area contributed by atoms with Gasteiger partial charge >= 0.3 is 0 Å². The van der Waals surface area contributed by atoms with Crippen LogP contribution in [0, 0.1) is 0 Å². The Bertz CT molecular complexity index is 1140. The molecule has 4 rings (SSSR count). The molecule has 0 atom stereocenters. The summed E-state index contributed by atoms with van der Waals surface area (Å²) >= 11 is 0. The predicted octanol–water partition coefficient (Wildman–Crippen LogP) is 3.97. The first-order valence-electron chi connectivity index (χ1n) is 12.2. The number of benzene rings is 2. The summed E-state index contributed by atoms with van der Waals surface area (Å²) in [6.45, 7) is 9.78. The number of nitrogens with zero attached hydrogens (tertiary/aromatic N) is 3. The van der Waals surface area contributed by atoms with Gasteiger partial charge in [0, 0.05) is 37.9 Å². The molecule has 2 aromatic carbocycles. The highest BCUT2D eigenvalue weighted by Crippen LogP contribution is 2.25. The van der Waals surface area contributed by atoms with Gasteiger partial charge in [0.05, 0.1) is 11.6 Å². The summed E-state index contributed by atoms with van der Waals surface area (Å²) in [5, 5.41) is 3.15. The van der Waals surface area contributed by atoms with Crippen molar-refractivity contribution in [2.75, 3.05) is 26.2 Å². The second-order valence-electron chi connectivity index (χ2n) is 9.85. The monoisotopic (exact) mass is 474 g/mol. The summed E-state index contributed by atoms with van der Waals surface area (Å²) < 4.78 is 5.75. The molecule has 0 radical (unpaired) electrons. The lowest BCUT2D eigenvalue weighted by Gasteiger charge is -2.47. The smallest absolute Gasteiger partial charge is 0.289 e. The summed E-state index contributed by atoms with van der Waals surface area (Å²) in [7, 11) is 0. The van der Waals surface area contributed by atoms with Gasteiger partial charge in [-0.3, -0.25) is 14.6 Å². The zero-order valence-electron chi connectivity index (χ0n) is 21.0. The molecule has 2 aromatic rings. The van der Waals surface area contributed by atoms with E-state index in [0.29, 0.717) is 43.3 Å². The highest BCUT2D eigenvalue weighted by Gasteiger charge is 2.40. The van der Waals surface area contributed by atoms with Gasteiger partial charge in [-0.25, -0.2) is 0 Å². The van der Waals surface area contributed by atoms with E-state index < -0.39 is 5.54 Å². The topological polar surface area (TPSA) is 74.2 Å². The number of amides is 2. The van der Waals surface area contributed by atoms with E-state index in [-0.39, 0.29) is 17.9 Å². The molecular weight excluding hydrogens is 440 g/mol. The van der Waals surface area contributed by atoms with Crippen LogP contribution in [0.4, 0.5) is 0 Å². The minimum absolute atomic E-state index is 0.0352. The average molecular weight is 475 g/mol. The first-order valence-corrected chi connectivity index (χ1v) is 12.2. The summed E-state index contributed by atoms with van der Waals surface area (Å²) in [6, 6.07) is 17.4. The van der Waals surface area contributed by atoms with E-state index >= 15 is 0 Å². The molecule has 0 spiro atoms. The molecule has 1 N–H and O–H groups in total. The second kappa shape index (κ2) is 10.3. The third-order valence-corrected chi connectivity index (χ3v) is 6.27. The fourth-order valence-corrected chi connectivity index (χ4v) is 4.56. The van der Waals surface area contributed by atoms with E-state index in [4.69, 9.17) is 4.74 Å². The van der Waals surface area contributed by atoms with Crippen molar-refractivity contribution in [2.24, 2.45) is 4.99 Å². The molecule has 0 saturated carbocycles. The molecule has 184 valence electrons. The quantitative estimate of drug-likeness (QED) is 0.712. The lowest BCUT2D eigenvalue weighted by molar-refractivity contribution is -0.132. The Morgan fingerprint density at radius 3 is 2.51 bits per heavy atom. The van der Waals surface area contributed by atoms with E-state index in [1.807, 2.05) is 74.0 Å². The van der Waals surface area contributed by atoms with Crippen LogP contribution in [-0.2, 0) is 4.79 Å². The Labute approximate surface area is 207 Å². The average Bonchev–Trinajstić information content (AvgIpc) is 3.09. The van der Waals surface area contributed by atoms with Gasteiger partial charge < -0.3 is 19.9 Å². The fourth-order valence-electron chi connectivity index (χ4n) is 4.56. The van der Waals surface area contributed by atoms with Crippen LogP contribution in [0.15, 0.2) is 65.8 Å². The number of amidine groups is 1. The van der Waals surface area contributed by atoms with Gasteiger partial charge in [0.15, 0.2) is 5.84 Å². The zero-order valence-corrected chi connectivity index (χ0v) is 21.0. The van der Waals surface area contributed by atoms with Crippen LogP contribution >= 0.6 is 0 Å². The molecule has 7 heteroatoms. The third-order valence-electron chi connectivity index (χ3n) is 6.27. The van der Waals surface area contributed by atoms with Crippen molar-refractivity contribution in [1.29, 1.82) is 0 Å². The van der Waals surface area contributed by atoms with E-state index in [2.05, 4.69) is 22.4 Å². The molecule has 2 aliphatic rings. The normalized spacial score (nSPS) is 17.7. The van der Waals surface area contributed by atoms with Crippen LogP contribution in [0.5, 0.6) is 5.75 Å². The number of aliphatic imine (C=N–C) groups is 1. The van der Waals surface area contributed by atoms with Crippen molar-refractivity contribution in [1.82, 2.24) is 15.1 Å². The Balaban J connectivity index is 1.43. The first kappa shape index (κ1) is 24.5. The molecule has 0 aromatic heterocycles. The molecule has 0 aliphatic carbocycles. The van der Waals surface area contributed by atoms with Gasteiger partial charge in [-0.2, -0.15) is 0 Å². The molecule has 2 heterocycles. The van der Waals surface area contributed by atoms with Crippen molar-refractivity contribution in [3.05, 3.63) is 71.9 Å². The maximum atomic E-state index is 13.4. The summed E-state index contributed by atoms with van der Waals surface area (Å²) in [6.07, 6.45) is 2.69. The van der Waals surface area contributed by atoms with E-state index in [0.717, 1.165) is 17.6 Å². The van der Waals surface area contributed by atoms with Crippen LogP contribution in [0.25, 0.3) is 5.57 Å². The van der Waals surface area contributed by atoms with Crippen molar-refractivity contribution in [3.8, 4) is 5.75 Å². The molecule has 2 aliphatic heterocycles. The molecule has 1 fully saturated rings. The number of ether oxygens (including phenoxy) is 1. The number of carbonyl (C=O) groups is 2. The van der Waals surface area contributed by atoms with Crippen molar-refractivity contribution < 1.29 is 14.3 Å². The number of rotatable bonds is 5. The predicted molar refractivity (Wildman–Crippen MR) is 138 cm³/mol. The number of carbonyl (C=O) groups excluding carboxylic acids is 2. The molecular formula is C28H34N4O3. The minimum Gasteiger partial charge on any atom is -0.491 e. The summed E-state index contributed by atoms with van der Waals surface area (Å²) in [5.41, 5.74) is 2.29. The van der Waals surface area contributed by atoms with Crippen LogP contribution in [0.3, 0.4) is 0 Å². The van der Waals surface area contributed by atoms with E-state index in [9.17, 15) is 9.59 Å². The maximum absolute atomic E-state index is 13.4. The Morgan fingerprint density at radius 1 is 1.03 bits per heavy atom. The molecule has 7 nitrogen and oxygen atoms in total. The SMILES string of the molecule is CC(C)Oc1cccc(C(=O)N2CCN(C(=O)C3=NCCC(c4ccccc4)=CN3)C(C)(C)C2)c1. The number of hydrogen-bond acceptors (Lipinski definition) is 5. The van der Waals surface area contributed by atoms with Crippen molar-refractivity contribution in [3.63, 3.8) is 0 Å². The third kappa shape index (κ3) is 5.73. The van der Waals surface area contributed by atoms with Gasteiger partial charge in [-0.15, -0.1) is 0 Å². The molecule has 2 amide bonds. The molecule has 35 heavy (non-hydrogen) atoms. The van der Waals surface area contributed by atoms with Gasteiger partial charge in [-0.1, -0.05) is 36.4 Å². The number of hydrogen-bond donors (Lipinski definition) is 1. The number of piperazine rings is 1. The van der Waals surface area contributed by atoms with Crippen LogP contribution < -0.4 is 10.1 Å². The van der Waals surface area contributed by atoms with E-state index in [1.165, 1.54) is 0 Å². The Morgan fingerprint density at radius 2 is 1.80 bits per heavy atom. The maximum Gasteiger partial charge on any atom is 0.289 e. The van der Waals surface area contributed by atoms with Gasteiger partial charge in [0.2, 0.25) is 0 Å². The highest BCUT2D eigenvalue weighted by atomic mass is 16.5. The molecule has 0 unspecified atom stereocenters. The first-order chi connectivity index (χ1) is 16.7. The Hall–Kier alpha value is -3.61. The lowest BCUT2D eigenvalue weighted by Crippen LogP contribution is -2.63. The van der Waals surface area contributed by atoms with Crippen LogP contribution in [0.1, 0.15) is 50.0 Å². The standard InChI is InChI=1S/C28H34N4O3/c1-20(2)35-24-12-8-11-22(17-24)26(33)31-15-16-32(28(3,4)19-31)27(34)25-29-14-13-23(18-30-25)21-9-6-5-7-10-21/h5-12,17-18,20H,13-16,19H2,1-4H3,(H,29,30). The molecule has 1 saturated heterocycles. The van der Waals surface area contributed by atoms with Crippen molar-refractivity contribution in [2.45, 2.75) is 45.8 Å². The summed E-state index contributed by atoms with van der Waals surface area (Å²) in [4.78, 5) is 34.9. The van der Waals surface area contributed by atoms with E-state index in [1.54, 1.807) is 12.1 Å². The van der Waals surface area contributed by atoms with Crippen LogP contribution in [0.2, 0.25) is 0 Å². The minimum atomic E-state index is -0.542. The number of nitrogens with one attached hydrogen (secondary N) is 1.